The molecule has 1 aromatic heterocycles. The lowest BCUT2D eigenvalue weighted by molar-refractivity contribution is -0.136. The molecule has 138 valence electrons. The number of carboxylic acids is 1. The number of benzene rings is 1. The van der Waals surface area contributed by atoms with Gasteiger partial charge in [0.2, 0.25) is 5.91 Å². The summed E-state index contributed by atoms with van der Waals surface area (Å²) in [7, 11) is 0. The Labute approximate surface area is 156 Å². The Morgan fingerprint density at radius 1 is 1.23 bits per heavy atom. The Bertz CT molecular complexity index is 799. The first-order valence-corrected chi connectivity index (χ1v) is 8.86. The molecule has 0 aliphatic carbocycles. The highest BCUT2D eigenvalue weighted by atomic mass is 35.5. The number of nitrogens with zero attached hydrogens (tertiary/aromatic N) is 4. The van der Waals surface area contributed by atoms with Gasteiger partial charge in [-0.25, -0.2) is 4.79 Å². The predicted octanol–water partition coefficient (Wildman–Crippen LogP) is 2.14. The van der Waals surface area contributed by atoms with Gasteiger partial charge in [-0.15, -0.1) is 0 Å². The summed E-state index contributed by atoms with van der Waals surface area (Å²) in [6, 6.07) is 8.67. The Morgan fingerprint density at radius 2 is 1.96 bits per heavy atom. The van der Waals surface area contributed by atoms with Crippen LogP contribution in [0.15, 0.2) is 36.5 Å². The van der Waals surface area contributed by atoms with E-state index in [9.17, 15) is 9.59 Å². The van der Waals surface area contributed by atoms with E-state index < -0.39 is 12.0 Å². The van der Waals surface area contributed by atoms with Gasteiger partial charge in [-0.1, -0.05) is 23.7 Å². The number of carboxylic acid groups (broad SMARTS) is 1. The zero-order valence-corrected chi connectivity index (χ0v) is 15.3. The number of carbonyl (C=O) groups excluding carboxylic acids is 1. The molecule has 8 heteroatoms. The maximum atomic E-state index is 12.7. The lowest BCUT2D eigenvalue weighted by Gasteiger charge is -2.36. The largest absolute Gasteiger partial charge is 0.476 e. The number of hydrogen-bond donors (Lipinski definition) is 1. The summed E-state index contributed by atoms with van der Waals surface area (Å²) < 4.78 is 1.41. The molecule has 1 amide bonds. The topological polar surface area (TPSA) is 78.7 Å². The van der Waals surface area contributed by atoms with Gasteiger partial charge in [0.15, 0.2) is 5.69 Å². The quantitative estimate of drug-likeness (QED) is 0.864. The van der Waals surface area contributed by atoms with Crippen LogP contribution >= 0.6 is 11.6 Å². The van der Waals surface area contributed by atoms with Crippen molar-refractivity contribution in [1.29, 1.82) is 0 Å². The normalized spacial score (nSPS) is 16.5. The zero-order chi connectivity index (χ0) is 18.7. The number of amides is 1. The lowest BCUT2D eigenvalue weighted by Crippen LogP contribution is -2.50. The van der Waals surface area contributed by atoms with Crippen LogP contribution in [0.1, 0.15) is 29.0 Å². The van der Waals surface area contributed by atoms with Crippen LogP contribution < -0.4 is 0 Å². The molecule has 1 N–H and O–H groups in total. The number of aromatic carboxylic acids is 1. The van der Waals surface area contributed by atoms with Gasteiger partial charge in [0.25, 0.3) is 0 Å². The maximum Gasteiger partial charge on any atom is 0.356 e. The van der Waals surface area contributed by atoms with E-state index in [1.807, 2.05) is 24.3 Å². The molecule has 1 unspecified atom stereocenters. The Balaban J connectivity index is 1.55. The Hall–Kier alpha value is -2.38. The second kappa shape index (κ2) is 7.88. The summed E-state index contributed by atoms with van der Waals surface area (Å²) in [5.74, 6) is -1.15. The number of aromatic nitrogens is 2. The average molecular weight is 377 g/mol. The fraction of sp³-hybridized carbons (Fsp3) is 0.389. The van der Waals surface area contributed by atoms with Gasteiger partial charge >= 0.3 is 5.97 Å². The molecule has 1 aromatic carbocycles. The molecule has 0 saturated carbocycles. The predicted molar refractivity (Wildman–Crippen MR) is 97.2 cm³/mol. The summed E-state index contributed by atoms with van der Waals surface area (Å²) in [5.41, 5.74) is 1.10. The molecule has 1 aliphatic rings. The molecule has 0 bridgehead atoms. The summed E-state index contributed by atoms with van der Waals surface area (Å²) in [6.45, 7) is 5.38. The van der Waals surface area contributed by atoms with Crippen LogP contribution in [0.5, 0.6) is 0 Å². The molecule has 0 radical (unpaired) electrons. The number of hydrogen-bond acceptors (Lipinski definition) is 4. The van der Waals surface area contributed by atoms with Crippen LogP contribution in [-0.2, 0) is 11.3 Å². The van der Waals surface area contributed by atoms with E-state index in [-0.39, 0.29) is 11.6 Å². The molecule has 7 nitrogen and oxygen atoms in total. The molecule has 1 atom stereocenters. The van der Waals surface area contributed by atoms with Crippen molar-refractivity contribution in [1.82, 2.24) is 19.6 Å². The van der Waals surface area contributed by atoms with E-state index in [2.05, 4.69) is 10.00 Å². The number of carbonyl (C=O) groups is 2. The van der Waals surface area contributed by atoms with Crippen molar-refractivity contribution in [3.05, 3.63) is 52.8 Å². The minimum Gasteiger partial charge on any atom is -0.476 e. The highest BCUT2D eigenvalue weighted by molar-refractivity contribution is 6.30. The van der Waals surface area contributed by atoms with Crippen molar-refractivity contribution in [3.63, 3.8) is 0 Å². The monoisotopic (exact) mass is 376 g/mol. The van der Waals surface area contributed by atoms with E-state index in [0.29, 0.717) is 13.1 Å². The molecule has 1 aliphatic heterocycles. The van der Waals surface area contributed by atoms with Gasteiger partial charge in [-0.05, 0) is 30.7 Å². The number of halogens is 1. The van der Waals surface area contributed by atoms with E-state index in [1.54, 1.807) is 11.8 Å². The minimum absolute atomic E-state index is 0.0487. The number of rotatable bonds is 5. The first-order chi connectivity index (χ1) is 12.4. The molecule has 0 spiro atoms. The van der Waals surface area contributed by atoms with Gasteiger partial charge in [0.1, 0.15) is 6.04 Å². The minimum atomic E-state index is -1.10. The Kier molecular flexibility index (Phi) is 5.58. The van der Waals surface area contributed by atoms with Crippen LogP contribution in [0.3, 0.4) is 0 Å². The third-order valence-electron chi connectivity index (χ3n) is 4.56. The molecule has 1 fully saturated rings. The van der Waals surface area contributed by atoms with Crippen LogP contribution in [0.4, 0.5) is 0 Å². The summed E-state index contributed by atoms with van der Waals surface area (Å²) in [4.78, 5) is 27.7. The van der Waals surface area contributed by atoms with Crippen molar-refractivity contribution in [2.75, 3.05) is 26.2 Å². The van der Waals surface area contributed by atoms with E-state index in [0.717, 1.165) is 30.2 Å². The SMILES string of the molecule is CC(C(=O)N1CCN(Cc2cccc(Cl)c2)CC1)n1ccc(C(=O)O)n1. The second-order valence-electron chi connectivity index (χ2n) is 6.39. The van der Waals surface area contributed by atoms with Crippen LogP contribution in [0, 0.1) is 0 Å². The first-order valence-electron chi connectivity index (χ1n) is 8.48. The molecular formula is C18H21ClN4O3. The third kappa shape index (κ3) is 4.23. The van der Waals surface area contributed by atoms with Crippen LogP contribution in [-0.4, -0.2) is 62.7 Å². The van der Waals surface area contributed by atoms with Gasteiger partial charge in [0.05, 0.1) is 0 Å². The van der Waals surface area contributed by atoms with Crippen molar-refractivity contribution in [2.24, 2.45) is 0 Å². The molecule has 1 saturated heterocycles. The number of piperazine rings is 1. The van der Waals surface area contributed by atoms with Crippen molar-refractivity contribution in [2.45, 2.75) is 19.5 Å². The van der Waals surface area contributed by atoms with Gasteiger partial charge in [-0.2, -0.15) is 5.10 Å². The van der Waals surface area contributed by atoms with Crippen LogP contribution in [0.25, 0.3) is 0 Å². The fourth-order valence-corrected chi connectivity index (χ4v) is 3.28. The van der Waals surface area contributed by atoms with E-state index >= 15 is 0 Å². The van der Waals surface area contributed by atoms with Crippen molar-refractivity contribution >= 4 is 23.5 Å². The standard InChI is InChI=1S/C18H21ClN4O3/c1-13(23-6-5-16(20-23)18(25)26)17(24)22-9-7-21(8-10-22)12-14-3-2-4-15(19)11-14/h2-6,11,13H,7-10,12H2,1H3,(H,25,26). The zero-order valence-electron chi connectivity index (χ0n) is 14.5. The smallest absolute Gasteiger partial charge is 0.356 e. The highest BCUT2D eigenvalue weighted by Crippen LogP contribution is 2.16. The summed E-state index contributed by atoms with van der Waals surface area (Å²) in [6.07, 6.45) is 1.53. The molecule has 3 rings (SSSR count). The summed E-state index contributed by atoms with van der Waals surface area (Å²) in [5, 5.41) is 13.6. The maximum absolute atomic E-state index is 12.7. The third-order valence-corrected chi connectivity index (χ3v) is 4.80. The first kappa shape index (κ1) is 18.4. The highest BCUT2D eigenvalue weighted by Gasteiger charge is 2.26. The molecule has 2 heterocycles. The van der Waals surface area contributed by atoms with Gasteiger partial charge in [-0.3, -0.25) is 14.4 Å². The van der Waals surface area contributed by atoms with Crippen molar-refractivity contribution in [3.8, 4) is 0 Å². The molecule has 26 heavy (non-hydrogen) atoms. The van der Waals surface area contributed by atoms with Crippen molar-refractivity contribution < 1.29 is 14.7 Å². The van der Waals surface area contributed by atoms with Gasteiger partial charge in [0, 0.05) is 43.9 Å². The lowest BCUT2D eigenvalue weighted by atomic mass is 10.2. The van der Waals surface area contributed by atoms with E-state index in [4.69, 9.17) is 16.7 Å². The second-order valence-corrected chi connectivity index (χ2v) is 6.83. The van der Waals surface area contributed by atoms with Gasteiger partial charge < -0.3 is 10.0 Å². The van der Waals surface area contributed by atoms with E-state index in [1.165, 1.54) is 16.9 Å². The summed E-state index contributed by atoms with van der Waals surface area (Å²) >= 11 is 6.03. The molecule has 2 aromatic rings. The average Bonchev–Trinajstić information content (AvgIpc) is 3.12. The Morgan fingerprint density at radius 3 is 2.58 bits per heavy atom. The fourth-order valence-electron chi connectivity index (χ4n) is 3.07. The van der Waals surface area contributed by atoms with Crippen LogP contribution in [0.2, 0.25) is 5.02 Å². The molecular weight excluding hydrogens is 356 g/mol.